The van der Waals surface area contributed by atoms with Gasteiger partial charge in [-0.15, -0.1) is 0 Å². The van der Waals surface area contributed by atoms with Crippen molar-refractivity contribution < 1.29 is 14.3 Å². The van der Waals surface area contributed by atoms with Gasteiger partial charge in [-0.2, -0.15) is 0 Å². The van der Waals surface area contributed by atoms with Gasteiger partial charge in [0.25, 0.3) is 5.91 Å². The maximum atomic E-state index is 12.2. The molecule has 0 saturated carbocycles. The summed E-state index contributed by atoms with van der Waals surface area (Å²) in [4.78, 5) is 12.2. The van der Waals surface area contributed by atoms with Gasteiger partial charge in [-0.05, 0) is 43.7 Å². The van der Waals surface area contributed by atoms with Crippen LogP contribution < -0.4 is 14.8 Å². The number of carbonyl (C=O) groups excluding carboxylic acids is 1. The Bertz CT molecular complexity index is 653. The summed E-state index contributed by atoms with van der Waals surface area (Å²) in [6, 6.07) is 13.1. The Hall–Kier alpha value is -2.49. The number of aryl methyl sites for hydroxylation is 1. The molecule has 4 nitrogen and oxygen atoms in total. The summed E-state index contributed by atoms with van der Waals surface area (Å²) < 4.78 is 10.8. The van der Waals surface area contributed by atoms with Crippen molar-refractivity contribution in [3.05, 3.63) is 59.2 Å². The number of methoxy groups -OCH3 is 1. The third-order valence-electron chi connectivity index (χ3n) is 3.37. The smallest absolute Gasteiger partial charge is 0.251 e. The topological polar surface area (TPSA) is 47.6 Å². The molecule has 0 aliphatic rings. The minimum absolute atomic E-state index is 0.114. The molecule has 0 fully saturated rings. The van der Waals surface area contributed by atoms with Gasteiger partial charge in [0.15, 0.2) is 0 Å². The average molecular weight is 299 g/mol. The fourth-order valence-corrected chi connectivity index (χ4v) is 2.23. The lowest BCUT2D eigenvalue weighted by atomic mass is 10.1. The summed E-state index contributed by atoms with van der Waals surface area (Å²) >= 11 is 0. The maximum absolute atomic E-state index is 12.2. The number of hydrogen-bond donors (Lipinski definition) is 1. The summed E-state index contributed by atoms with van der Waals surface area (Å²) in [6.45, 7) is 4.91. The number of hydrogen-bond acceptors (Lipinski definition) is 3. The number of para-hydroxylation sites is 1. The number of carbonyl (C=O) groups is 1. The molecule has 0 heterocycles. The fraction of sp³-hybridized carbons (Fsp3) is 0.278. The SMILES string of the molecule is CCOc1ccc(C(=O)NCc2ccccc2OC)cc1C. The van der Waals surface area contributed by atoms with Crippen LogP contribution in [0.3, 0.4) is 0 Å². The van der Waals surface area contributed by atoms with E-state index < -0.39 is 0 Å². The Balaban J connectivity index is 2.05. The lowest BCUT2D eigenvalue weighted by Crippen LogP contribution is -2.23. The highest BCUT2D eigenvalue weighted by molar-refractivity contribution is 5.94. The van der Waals surface area contributed by atoms with Crippen LogP contribution in [0.4, 0.5) is 0 Å². The normalized spacial score (nSPS) is 10.1. The van der Waals surface area contributed by atoms with Crippen LogP contribution in [0.2, 0.25) is 0 Å². The van der Waals surface area contributed by atoms with E-state index >= 15 is 0 Å². The zero-order valence-electron chi connectivity index (χ0n) is 13.2. The van der Waals surface area contributed by atoms with Crippen molar-refractivity contribution in [1.82, 2.24) is 5.32 Å². The molecule has 0 bridgehead atoms. The van der Waals surface area contributed by atoms with Crippen molar-refractivity contribution in [2.24, 2.45) is 0 Å². The molecule has 4 heteroatoms. The van der Waals surface area contributed by atoms with Crippen LogP contribution in [-0.4, -0.2) is 19.6 Å². The zero-order valence-corrected chi connectivity index (χ0v) is 13.2. The first kappa shape index (κ1) is 15.9. The number of ether oxygens (including phenoxy) is 2. The summed E-state index contributed by atoms with van der Waals surface area (Å²) in [5.74, 6) is 1.46. The molecule has 0 radical (unpaired) electrons. The molecule has 116 valence electrons. The lowest BCUT2D eigenvalue weighted by molar-refractivity contribution is 0.0950. The second kappa shape index (κ2) is 7.50. The molecule has 22 heavy (non-hydrogen) atoms. The Morgan fingerprint density at radius 1 is 1.14 bits per heavy atom. The Labute approximate surface area is 131 Å². The predicted molar refractivity (Wildman–Crippen MR) is 86.5 cm³/mol. The van der Waals surface area contributed by atoms with Crippen molar-refractivity contribution in [3.8, 4) is 11.5 Å². The monoisotopic (exact) mass is 299 g/mol. The second-order valence-electron chi connectivity index (χ2n) is 4.91. The van der Waals surface area contributed by atoms with E-state index in [1.54, 1.807) is 13.2 Å². The molecule has 0 aliphatic carbocycles. The first-order valence-corrected chi connectivity index (χ1v) is 7.29. The van der Waals surface area contributed by atoms with E-state index in [4.69, 9.17) is 9.47 Å². The highest BCUT2D eigenvalue weighted by atomic mass is 16.5. The number of benzene rings is 2. The molecule has 2 rings (SSSR count). The van der Waals surface area contributed by atoms with Gasteiger partial charge in [0.05, 0.1) is 13.7 Å². The first-order valence-electron chi connectivity index (χ1n) is 7.29. The Kier molecular flexibility index (Phi) is 5.42. The number of rotatable bonds is 6. The maximum Gasteiger partial charge on any atom is 0.251 e. The molecule has 0 aromatic heterocycles. The van der Waals surface area contributed by atoms with Gasteiger partial charge in [-0.25, -0.2) is 0 Å². The molecule has 0 spiro atoms. The van der Waals surface area contributed by atoms with Gasteiger partial charge in [0, 0.05) is 17.7 Å². The van der Waals surface area contributed by atoms with E-state index in [9.17, 15) is 4.79 Å². The fourth-order valence-electron chi connectivity index (χ4n) is 2.23. The van der Waals surface area contributed by atoms with Gasteiger partial charge in [-0.3, -0.25) is 4.79 Å². The molecule has 1 amide bonds. The molecule has 0 saturated heterocycles. The van der Waals surface area contributed by atoms with Gasteiger partial charge < -0.3 is 14.8 Å². The molecule has 0 aliphatic heterocycles. The van der Waals surface area contributed by atoms with Gasteiger partial charge in [-0.1, -0.05) is 18.2 Å². The summed E-state index contributed by atoms with van der Waals surface area (Å²) in [5, 5.41) is 2.91. The van der Waals surface area contributed by atoms with Gasteiger partial charge >= 0.3 is 0 Å². The average Bonchev–Trinajstić information content (AvgIpc) is 2.54. The quantitative estimate of drug-likeness (QED) is 0.890. The summed E-state index contributed by atoms with van der Waals surface area (Å²) in [5.41, 5.74) is 2.52. The van der Waals surface area contributed by atoms with Crippen LogP contribution >= 0.6 is 0 Å². The molecule has 0 unspecified atom stereocenters. The van der Waals surface area contributed by atoms with Crippen LogP contribution in [-0.2, 0) is 6.54 Å². The van der Waals surface area contributed by atoms with Gasteiger partial charge in [0.1, 0.15) is 11.5 Å². The van der Waals surface area contributed by atoms with Crippen molar-refractivity contribution >= 4 is 5.91 Å². The van der Waals surface area contributed by atoms with Crippen molar-refractivity contribution in [3.63, 3.8) is 0 Å². The van der Waals surface area contributed by atoms with Crippen LogP contribution in [0.15, 0.2) is 42.5 Å². The van der Waals surface area contributed by atoms with E-state index in [-0.39, 0.29) is 5.91 Å². The molecular formula is C18H21NO3. The van der Waals surface area contributed by atoms with E-state index in [1.807, 2.05) is 50.2 Å². The van der Waals surface area contributed by atoms with Crippen LogP contribution in [0.1, 0.15) is 28.4 Å². The van der Waals surface area contributed by atoms with Crippen LogP contribution in [0, 0.1) is 6.92 Å². The van der Waals surface area contributed by atoms with E-state index in [1.165, 1.54) is 0 Å². The Morgan fingerprint density at radius 2 is 1.91 bits per heavy atom. The molecule has 2 aromatic rings. The van der Waals surface area contributed by atoms with Gasteiger partial charge in [0.2, 0.25) is 0 Å². The third kappa shape index (κ3) is 3.79. The molecule has 1 N–H and O–H groups in total. The number of nitrogens with one attached hydrogen (secondary N) is 1. The van der Waals surface area contributed by atoms with Crippen LogP contribution in [0.5, 0.6) is 11.5 Å². The number of amides is 1. The van der Waals surface area contributed by atoms with E-state index in [2.05, 4.69) is 5.32 Å². The minimum atomic E-state index is -0.114. The Morgan fingerprint density at radius 3 is 2.59 bits per heavy atom. The minimum Gasteiger partial charge on any atom is -0.496 e. The molecular weight excluding hydrogens is 278 g/mol. The molecule has 0 atom stereocenters. The third-order valence-corrected chi connectivity index (χ3v) is 3.37. The summed E-state index contributed by atoms with van der Waals surface area (Å²) in [6.07, 6.45) is 0. The van der Waals surface area contributed by atoms with Crippen LogP contribution in [0.25, 0.3) is 0 Å². The second-order valence-corrected chi connectivity index (χ2v) is 4.91. The standard InChI is InChI=1S/C18H21NO3/c1-4-22-16-10-9-14(11-13(16)2)18(20)19-12-15-7-5-6-8-17(15)21-3/h5-11H,4,12H2,1-3H3,(H,19,20). The first-order chi connectivity index (χ1) is 10.7. The van der Waals surface area contributed by atoms with Crippen molar-refractivity contribution in [2.75, 3.05) is 13.7 Å². The predicted octanol–water partition coefficient (Wildman–Crippen LogP) is 3.33. The van der Waals surface area contributed by atoms with Crippen molar-refractivity contribution in [2.45, 2.75) is 20.4 Å². The van der Waals surface area contributed by atoms with E-state index in [0.29, 0.717) is 18.7 Å². The zero-order chi connectivity index (χ0) is 15.9. The highest BCUT2D eigenvalue weighted by Crippen LogP contribution is 2.20. The largest absolute Gasteiger partial charge is 0.496 e. The van der Waals surface area contributed by atoms with E-state index in [0.717, 1.165) is 22.6 Å². The highest BCUT2D eigenvalue weighted by Gasteiger charge is 2.09. The molecule has 2 aromatic carbocycles. The summed E-state index contributed by atoms with van der Waals surface area (Å²) in [7, 11) is 1.62. The lowest BCUT2D eigenvalue weighted by Gasteiger charge is -2.11. The van der Waals surface area contributed by atoms with Crippen molar-refractivity contribution in [1.29, 1.82) is 0 Å².